The summed E-state index contributed by atoms with van der Waals surface area (Å²) in [4.78, 5) is 44.8. The zero-order chi connectivity index (χ0) is 26.3. The summed E-state index contributed by atoms with van der Waals surface area (Å²) in [5.41, 5.74) is -1.44. The van der Waals surface area contributed by atoms with Crippen LogP contribution < -0.4 is 4.90 Å². The first-order chi connectivity index (χ1) is 17.2. The molecule has 8 nitrogen and oxygen atoms in total. The number of esters is 1. The second kappa shape index (κ2) is 10.1. The Morgan fingerprint density at radius 3 is 2.56 bits per heavy atom. The van der Waals surface area contributed by atoms with Crippen LogP contribution in [0.15, 0.2) is 36.9 Å². The zero-order valence-corrected chi connectivity index (χ0v) is 21.9. The van der Waals surface area contributed by atoms with E-state index in [1.54, 1.807) is 42.2 Å². The molecule has 1 spiro atoms. The van der Waals surface area contributed by atoms with Crippen LogP contribution in [0.3, 0.4) is 0 Å². The van der Waals surface area contributed by atoms with Crippen LogP contribution in [-0.2, 0) is 23.9 Å². The molecule has 196 valence electrons. The maximum absolute atomic E-state index is 14.4. The monoisotopic (exact) mass is 518 g/mol. The van der Waals surface area contributed by atoms with Crippen LogP contribution >= 0.6 is 11.6 Å². The summed E-state index contributed by atoms with van der Waals surface area (Å²) in [7, 11) is 0. The lowest BCUT2D eigenvalue weighted by Gasteiger charge is -2.39. The number of hydrogen-bond acceptors (Lipinski definition) is 6. The van der Waals surface area contributed by atoms with Gasteiger partial charge in [-0.25, -0.2) is 0 Å². The fourth-order valence-corrected chi connectivity index (χ4v) is 6.68. The maximum Gasteiger partial charge on any atom is 0.312 e. The second-order valence-electron chi connectivity index (χ2n) is 9.79. The Labute approximate surface area is 217 Å². The molecular weight excluding hydrogens is 484 g/mol. The lowest BCUT2D eigenvalue weighted by Crippen LogP contribution is -2.59. The number of amides is 2. The number of fused-ring (bicyclic) bond motifs is 1. The standard InChI is InChI=1S/C27H35ClN2O6/c1-5-15-29(19-11-9-17(28)10-12-19)24(33)22-27-14-13-26(7-3,36-27)21(25(34)35-8-4)20(27)23(32)30(22)18(6-2)16-31/h5,9-12,18,20-22,31H,1,6-8,13-16H2,2-4H3/t18-,20-,21-,22?,26+,27?/m0/s1. The fraction of sp³-hybridized carbons (Fsp3) is 0.593. The van der Waals surface area contributed by atoms with Gasteiger partial charge in [0.25, 0.3) is 5.91 Å². The van der Waals surface area contributed by atoms with Crippen molar-refractivity contribution in [2.24, 2.45) is 11.8 Å². The molecule has 3 aliphatic heterocycles. The van der Waals surface area contributed by atoms with Gasteiger partial charge < -0.3 is 24.4 Å². The molecule has 0 aromatic heterocycles. The van der Waals surface area contributed by atoms with E-state index in [4.69, 9.17) is 21.1 Å². The summed E-state index contributed by atoms with van der Waals surface area (Å²) in [6, 6.07) is 5.28. The number of rotatable bonds is 10. The summed E-state index contributed by atoms with van der Waals surface area (Å²) in [6.07, 6.45) is 3.60. The minimum atomic E-state index is -1.18. The molecule has 6 atom stereocenters. The molecule has 3 heterocycles. The van der Waals surface area contributed by atoms with Gasteiger partial charge in [-0.3, -0.25) is 14.4 Å². The predicted molar refractivity (Wildman–Crippen MR) is 135 cm³/mol. The number of likely N-dealkylation sites (tertiary alicyclic amines) is 1. The average molecular weight is 519 g/mol. The Kier molecular flexibility index (Phi) is 7.51. The first-order valence-corrected chi connectivity index (χ1v) is 13.1. The molecule has 36 heavy (non-hydrogen) atoms. The van der Waals surface area contributed by atoms with E-state index in [2.05, 4.69) is 6.58 Å². The van der Waals surface area contributed by atoms with Crippen LogP contribution in [-0.4, -0.2) is 70.8 Å². The van der Waals surface area contributed by atoms with E-state index in [-0.39, 0.29) is 31.6 Å². The fourth-order valence-electron chi connectivity index (χ4n) is 6.55. The molecule has 3 saturated heterocycles. The van der Waals surface area contributed by atoms with E-state index >= 15 is 0 Å². The summed E-state index contributed by atoms with van der Waals surface area (Å²) in [5.74, 6) is -2.79. The molecule has 0 saturated carbocycles. The van der Waals surface area contributed by atoms with Crippen LogP contribution in [0.4, 0.5) is 5.69 Å². The van der Waals surface area contributed by atoms with Crippen molar-refractivity contribution in [3.8, 4) is 0 Å². The van der Waals surface area contributed by atoms with Gasteiger partial charge in [0, 0.05) is 17.3 Å². The molecule has 1 aromatic carbocycles. The maximum atomic E-state index is 14.4. The lowest BCUT2D eigenvalue weighted by molar-refractivity contribution is -0.161. The van der Waals surface area contributed by atoms with E-state index in [0.29, 0.717) is 36.4 Å². The van der Waals surface area contributed by atoms with E-state index < -0.39 is 41.1 Å². The molecule has 4 rings (SSSR count). The van der Waals surface area contributed by atoms with Gasteiger partial charge in [0.05, 0.1) is 30.8 Å². The van der Waals surface area contributed by atoms with E-state index in [0.717, 1.165) is 0 Å². The molecule has 2 bridgehead atoms. The number of carbonyl (C=O) groups is 3. The highest BCUT2D eigenvalue weighted by Gasteiger charge is 2.79. The Hall–Kier alpha value is -2.42. The number of aliphatic hydroxyl groups is 1. The van der Waals surface area contributed by atoms with Crippen LogP contribution in [0.5, 0.6) is 0 Å². The van der Waals surface area contributed by atoms with Crippen LogP contribution in [0.1, 0.15) is 46.5 Å². The van der Waals surface area contributed by atoms with Crippen molar-refractivity contribution < 1.29 is 29.0 Å². The summed E-state index contributed by atoms with van der Waals surface area (Å²) in [5, 5.41) is 10.7. The summed E-state index contributed by atoms with van der Waals surface area (Å²) < 4.78 is 12.1. The van der Waals surface area contributed by atoms with Crippen LogP contribution in [0.2, 0.25) is 5.02 Å². The Balaban J connectivity index is 1.85. The molecule has 1 N–H and O–H groups in total. The smallest absolute Gasteiger partial charge is 0.312 e. The third-order valence-electron chi connectivity index (χ3n) is 8.18. The van der Waals surface area contributed by atoms with Crippen molar-refractivity contribution in [3.63, 3.8) is 0 Å². The van der Waals surface area contributed by atoms with Gasteiger partial charge in [0.2, 0.25) is 5.91 Å². The third kappa shape index (κ3) is 3.85. The van der Waals surface area contributed by atoms with E-state index in [9.17, 15) is 19.5 Å². The number of anilines is 1. The molecule has 0 aliphatic carbocycles. The predicted octanol–water partition coefficient (Wildman–Crippen LogP) is 3.35. The van der Waals surface area contributed by atoms with Crippen molar-refractivity contribution in [3.05, 3.63) is 41.9 Å². The minimum Gasteiger partial charge on any atom is -0.466 e. The molecular formula is C27H35ClN2O6. The van der Waals surface area contributed by atoms with Crippen LogP contribution in [0, 0.1) is 11.8 Å². The minimum absolute atomic E-state index is 0.188. The summed E-state index contributed by atoms with van der Waals surface area (Å²) >= 11 is 6.08. The van der Waals surface area contributed by atoms with Crippen molar-refractivity contribution in [2.75, 3.05) is 24.7 Å². The lowest BCUT2D eigenvalue weighted by atomic mass is 9.65. The molecule has 3 aliphatic rings. The van der Waals surface area contributed by atoms with Crippen LogP contribution in [0.25, 0.3) is 0 Å². The molecule has 1 aromatic rings. The summed E-state index contributed by atoms with van der Waals surface area (Å²) in [6.45, 7) is 9.42. The van der Waals surface area contributed by atoms with Crippen molar-refractivity contribution in [2.45, 2.75) is 69.7 Å². The molecule has 2 amide bonds. The number of nitrogens with zero attached hydrogens (tertiary/aromatic N) is 2. The normalized spacial score (nSPS) is 31.3. The Morgan fingerprint density at radius 2 is 2.00 bits per heavy atom. The molecule has 0 radical (unpaired) electrons. The second-order valence-corrected chi connectivity index (χ2v) is 10.2. The average Bonchev–Trinajstić information content (AvgIpc) is 3.48. The Morgan fingerprint density at radius 1 is 1.31 bits per heavy atom. The van der Waals surface area contributed by atoms with Gasteiger partial charge in [-0.2, -0.15) is 0 Å². The van der Waals surface area contributed by atoms with Gasteiger partial charge in [0.15, 0.2) is 0 Å². The molecule has 9 heteroatoms. The third-order valence-corrected chi connectivity index (χ3v) is 8.44. The van der Waals surface area contributed by atoms with Gasteiger partial charge in [0.1, 0.15) is 17.6 Å². The highest BCUT2D eigenvalue weighted by molar-refractivity contribution is 6.30. The number of aliphatic hydroxyl groups excluding tert-OH is 1. The van der Waals surface area contributed by atoms with Crippen molar-refractivity contribution in [1.82, 2.24) is 4.90 Å². The molecule has 2 unspecified atom stereocenters. The number of ether oxygens (including phenoxy) is 2. The quantitative estimate of drug-likeness (QED) is 0.377. The number of carbonyl (C=O) groups excluding carboxylic acids is 3. The van der Waals surface area contributed by atoms with Gasteiger partial charge in [-0.15, -0.1) is 6.58 Å². The SMILES string of the molecule is C=CCN(C(=O)C1N([C@@H](CC)CO)C(=O)[C@@H]2[C@@H](C(=O)OCC)[C@@]3(CC)CCC12O3)c1ccc(Cl)cc1. The largest absolute Gasteiger partial charge is 0.466 e. The van der Waals surface area contributed by atoms with Crippen molar-refractivity contribution >= 4 is 35.1 Å². The topological polar surface area (TPSA) is 96.4 Å². The van der Waals surface area contributed by atoms with Gasteiger partial charge in [-0.1, -0.05) is 31.5 Å². The Bertz CT molecular complexity index is 1030. The first kappa shape index (κ1) is 26.6. The van der Waals surface area contributed by atoms with Gasteiger partial charge in [-0.05, 0) is 56.9 Å². The molecule has 3 fully saturated rings. The van der Waals surface area contributed by atoms with Gasteiger partial charge >= 0.3 is 5.97 Å². The number of halogens is 1. The zero-order valence-electron chi connectivity index (χ0n) is 21.1. The van der Waals surface area contributed by atoms with E-state index in [1.807, 2.05) is 13.8 Å². The van der Waals surface area contributed by atoms with E-state index in [1.165, 1.54) is 4.90 Å². The number of hydrogen-bond donors (Lipinski definition) is 1. The first-order valence-electron chi connectivity index (χ1n) is 12.7. The van der Waals surface area contributed by atoms with Crippen molar-refractivity contribution in [1.29, 1.82) is 0 Å². The highest BCUT2D eigenvalue weighted by atomic mass is 35.5. The number of benzene rings is 1. The highest BCUT2D eigenvalue weighted by Crippen LogP contribution is 2.65.